The largest absolute Gasteiger partial charge is 0.478 e. The molecule has 1 heterocycles. The summed E-state index contributed by atoms with van der Waals surface area (Å²) in [4.78, 5) is 22.9. The van der Waals surface area contributed by atoms with Gasteiger partial charge in [-0.05, 0) is 19.1 Å². The quantitative estimate of drug-likeness (QED) is 0.915. The van der Waals surface area contributed by atoms with E-state index in [2.05, 4.69) is 9.97 Å². The molecule has 0 aliphatic rings. The minimum absolute atomic E-state index is 0.0494. The average Bonchev–Trinajstić information content (AvgIpc) is 2.48. The standard InChI is InChI=1S/C15H18N4O3/c1-4-22-13-10-12(18(2)3)16-14(17-13)19(15(20)21)11-8-6-5-7-9-11/h5-10H,4H2,1-3H3,(H,20,21). The number of hydrogen-bond acceptors (Lipinski definition) is 5. The first kappa shape index (κ1) is 15.6. The van der Waals surface area contributed by atoms with Crippen molar-refractivity contribution in [2.45, 2.75) is 6.92 Å². The van der Waals surface area contributed by atoms with Crippen LogP contribution in [0.2, 0.25) is 0 Å². The minimum Gasteiger partial charge on any atom is -0.478 e. The van der Waals surface area contributed by atoms with Crippen LogP contribution in [0.3, 0.4) is 0 Å². The van der Waals surface area contributed by atoms with Crippen molar-refractivity contribution in [1.82, 2.24) is 9.97 Å². The number of hydrogen-bond donors (Lipinski definition) is 1. The van der Waals surface area contributed by atoms with Crippen molar-refractivity contribution < 1.29 is 14.6 Å². The molecule has 1 N–H and O–H groups in total. The van der Waals surface area contributed by atoms with Crippen LogP contribution in [0.15, 0.2) is 36.4 Å². The van der Waals surface area contributed by atoms with Crippen molar-refractivity contribution in [2.24, 2.45) is 0 Å². The third kappa shape index (κ3) is 3.43. The maximum Gasteiger partial charge on any atom is 0.418 e. The topological polar surface area (TPSA) is 78.8 Å². The van der Waals surface area contributed by atoms with Crippen LogP contribution >= 0.6 is 0 Å². The smallest absolute Gasteiger partial charge is 0.418 e. The molecule has 1 aromatic carbocycles. The van der Waals surface area contributed by atoms with Gasteiger partial charge >= 0.3 is 6.09 Å². The summed E-state index contributed by atoms with van der Waals surface area (Å²) in [5.41, 5.74) is 0.466. The molecule has 7 heteroatoms. The lowest BCUT2D eigenvalue weighted by atomic mass is 10.3. The van der Waals surface area contributed by atoms with Crippen LogP contribution in [0.4, 0.5) is 22.2 Å². The van der Waals surface area contributed by atoms with E-state index in [1.807, 2.05) is 27.1 Å². The minimum atomic E-state index is -1.16. The van der Waals surface area contributed by atoms with Crippen molar-refractivity contribution >= 4 is 23.5 Å². The van der Waals surface area contributed by atoms with Crippen LogP contribution in [0.25, 0.3) is 0 Å². The molecule has 7 nitrogen and oxygen atoms in total. The Bertz CT molecular complexity index is 646. The molecule has 0 saturated carbocycles. The van der Waals surface area contributed by atoms with Crippen molar-refractivity contribution in [3.8, 4) is 5.88 Å². The number of para-hydroxylation sites is 1. The third-order valence-corrected chi connectivity index (χ3v) is 2.83. The van der Waals surface area contributed by atoms with Crippen LogP contribution in [0.5, 0.6) is 5.88 Å². The van der Waals surface area contributed by atoms with Gasteiger partial charge in [0.05, 0.1) is 12.3 Å². The van der Waals surface area contributed by atoms with Gasteiger partial charge in [0.25, 0.3) is 0 Å². The van der Waals surface area contributed by atoms with E-state index < -0.39 is 6.09 Å². The number of carbonyl (C=O) groups is 1. The van der Waals surface area contributed by atoms with E-state index in [0.717, 1.165) is 4.90 Å². The van der Waals surface area contributed by atoms with E-state index in [1.165, 1.54) is 0 Å². The summed E-state index contributed by atoms with van der Waals surface area (Å²) in [7, 11) is 3.63. The highest BCUT2D eigenvalue weighted by atomic mass is 16.5. The van der Waals surface area contributed by atoms with Crippen LogP contribution in [0, 0.1) is 0 Å². The normalized spacial score (nSPS) is 10.1. The highest BCUT2D eigenvalue weighted by Crippen LogP contribution is 2.26. The van der Waals surface area contributed by atoms with Gasteiger partial charge in [-0.1, -0.05) is 18.2 Å². The summed E-state index contributed by atoms with van der Waals surface area (Å²) in [6.45, 7) is 2.27. The van der Waals surface area contributed by atoms with E-state index in [0.29, 0.717) is 24.0 Å². The lowest BCUT2D eigenvalue weighted by molar-refractivity contribution is 0.204. The zero-order valence-electron chi connectivity index (χ0n) is 12.7. The summed E-state index contributed by atoms with van der Waals surface area (Å²) in [6, 6.07) is 10.3. The Morgan fingerprint density at radius 3 is 2.45 bits per heavy atom. The summed E-state index contributed by atoms with van der Waals surface area (Å²) in [6.07, 6.45) is -1.16. The molecule has 2 aromatic rings. The molecule has 0 spiro atoms. The Kier molecular flexibility index (Phi) is 4.77. The summed E-state index contributed by atoms with van der Waals surface area (Å²) >= 11 is 0. The number of anilines is 3. The number of amides is 1. The molecule has 2 rings (SSSR count). The number of rotatable bonds is 5. The molecule has 1 amide bonds. The zero-order chi connectivity index (χ0) is 16.1. The molecule has 0 atom stereocenters. The second-order valence-electron chi connectivity index (χ2n) is 4.65. The van der Waals surface area contributed by atoms with E-state index in [1.54, 1.807) is 35.2 Å². The molecule has 0 aliphatic heterocycles. The van der Waals surface area contributed by atoms with Gasteiger partial charge in [0, 0.05) is 20.2 Å². The summed E-state index contributed by atoms with van der Waals surface area (Å²) in [5, 5.41) is 9.52. The van der Waals surface area contributed by atoms with Crippen molar-refractivity contribution in [2.75, 3.05) is 30.5 Å². The second kappa shape index (κ2) is 6.75. The Balaban J connectivity index is 2.53. The monoisotopic (exact) mass is 302 g/mol. The number of nitrogens with zero attached hydrogens (tertiary/aromatic N) is 4. The molecular formula is C15H18N4O3. The van der Waals surface area contributed by atoms with Gasteiger partial charge in [-0.2, -0.15) is 9.97 Å². The van der Waals surface area contributed by atoms with Crippen LogP contribution in [-0.2, 0) is 0 Å². The molecule has 0 fully saturated rings. The van der Waals surface area contributed by atoms with Gasteiger partial charge < -0.3 is 14.7 Å². The van der Waals surface area contributed by atoms with E-state index in [4.69, 9.17) is 4.74 Å². The number of ether oxygens (including phenoxy) is 1. The predicted molar refractivity (Wildman–Crippen MR) is 84.1 cm³/mol. The fourth-order valence-electron chi connectivity index (χ4n) is 1.84. The average molecular weight is 302 g/mol. The van der Waals surface area contributed by atoms with Gasteiger partial charge in [0.2, 0.25) is 11.8 Å². The van der Waals surface area contributed by atoms with Crippen LogP contribution in [-0.4, -0.2) is 41.9 Å². The third-order valence-electron chi connectivity index (χ3n) is 2.83. The first-order valence-corrected chi connectivity index (χ1v) is 6.80. The van der Waals surface area contributed by atoms with Crippen LogP contribution < -0.4 is 14.5 Å². The maximum atomic E-state index is 11.6. The SMILES string of the molecule is CCOc1cc(N(C)C)nc(N(C(=O)O)c2ccccc2)n1. The van der Waals surface area contributed by atoms with Crippen molar-refractivity contribution in [3.05, 3.63) is 36.4 Å². The summed E-state index contributed by atoms with van der Waals surface area (Å²) in [5.74, 6) is 0.947. The molecule has 0 aliphatic carbocycles. The lowest BCUT2D eigenvalue weighted by Gasteiger charge is -2.20. The molecule has 0 radical (unpaired) electrons. The molecule has 116 valence electrons. The fourth-order valence-corrected chi connectivity index (χ4v) is 1.84. The highest BCUT2D eigenvalue weighted by Gasteiger charge is 2.21. The van der Waals surface area contributed by atoms with Gasteiger partial charge in [-0.25, -0.2) is 9.69 Å². The molecule has 22 heavy (non-hydrogen) atoms. The second-order valence-corrected chi connectivity index (χ2v) is 4.65. The molecule has 0 unspecified atom stereocenters. The Morgan fingerprint density at radius 2 is 1.91 bits per heavy atom. The first-order chi connectivity index (χ1) is 10.5. The van der Waals surface area contributed by atoms with E-state index >= 15 is 0 Å². The lowest BCUT2D eigenvalue weighted by Crippen LogP contribution is -2.26. The van der Waals surface area contributed by atoms with Gasteiger partial charge in [0.1, 0.15) is 5.82 Å². The van der Waals surface area contributed by atoms with Gasteiger partial charge in [-0.3, -0.25) is 0 Å². The van der Waals surface area contributed by atoms with E-state index in [-0.39, 0.29) is 5.95 Å². The molecule has 0 bridgehead atoms. The maximum absolute atomic E-state index is 11.6. The fraction of sp³-hybridized carbons (Fsp3) is 0.267. The Hall–Kier alpha value is -2.83. The summed E-state index contributed by atoms with van der Waals surface area (Å²) < 4.78 is 5.41. The number of carboxylic acid groups (broad SMARTS) is 1. The first-order valence-electron chi connectivity index (χ1n) is 6.80. The number of aromatic nitrogens is 2. The Morgan fingerprint density at radius 1 is 1.23 bits per heavy atom. The van der Waals surface area contributed by atoms with Crippen molar-refractivity contribution in [3.63, 3.8) is 0 Å². The number of benzene rings is 1. The molecule has 0 saturated heterocycles. The van der Waals surface area contributed by atoms with E-state index in [9.17, 15) is 9.90 Å². The van der Waals surface area contributed by atoms with Gasteiger partial charge in [-0.15, -0.1) is 0 Å². The van der Waals surface area contributed by atoms with Crippen molar-refractivity contribution in [1.29, 1.82) is 0 Å². The van der Waals surface area contributed by atoms with Gasteiger partial charge in [0.15, 0.2) is 0 Å². The zero-order valence-corrected chi connectivity index (χ0v) is 12.7. The molecular weight excluding hydrogens is 284 g/mol. The predicted octanol–water partition coefficient (Wildman–Crippen LogP) is 2.76. The molecule has 1 aromatic heterocycles. The Labute approximate surface area is 128 Å². The highest BCUT2D eigenvalue weighted by molar-refractivity contribution is 5.92. The van der Waals surface area contributed by atoms with Crippen LogP contribution in [0.1, 0.15) is 6.92 Å².